The average molecular weight is 369 g/mol. The number of aliphatic imine (C=N–C) groups is 1. The molecule has 0 radical (unpaired) electrons. The molecule has 0 spiro atoms. The number of carbonyl (C=O) groups excluding carboxylic acids is 2. The van der Waals surface area contributed by atoms with Crippen molar-refractivity contribution >= 4 is 17.7 Å². The van der Waals surface area contributed by atoms with E-state index in [-0.39, 0.29) is 19.1 Å². The zero-order valence-electron chi connectivity index (χ0n) is 16.0. The topological polar surface area (TPSA) is 71.0 Å². The Morgan fingerprint density at radius 1 is 1.37 bits per heavy atom. The molecule has 0 saturated carbocycles. The molecular formula is C21H27N3O3. The Balaban J connectivity index is 1.91. The highest BCUT2D eigenvalue weighted by atomic mass is 16.6. The minimum atomic E-state index is -0.513. The second-order valence-electron chi connectivity index (χ2n) is 6.45. The van der Waals surface area contributed by atoms with E-state index < -0.39 is 12.1 Å². The molecule has 1 aromatic rings. The quantitative estimate of drug-likeness (QED) is 0.748. The van der Waals surface area contributed by atoms with E-state index in [0.29, 0.717) is 18.7 Å². The van der Waals surface area contributed by atoms with Crippen molar-refractivity contribution in [3.8, 4) is 0 Å². The lowest BCUT2D eigenvalue weighted by molar-refractivity contribution is -0.124. The summed E-state index contributed by atoms with van der Waals surface area (Å²) in [7, 11) is 0. The molecule has 1 saturated heterocycles. The number of benzene rings is 1. The highest BCUT2D eigenvalue weighted by molar-refractivity contribution is 6.03. The van der Waals surface area contributed by atoms with Gasteiger partial charge in [0.1, 0.15) is 12.6 Å². The molecule has 1 aromatic carbocycles. The van der Waals surface area contributed by atoms with Crippen molar-refractivity contribution < 1.29 is 14.3 Å². The van der Waals surface area contributed by atoms with Gasteiger partial charge in [-0.1, -0.05) is 43.0 Å². The lowest BCUT2D eigenvalue weighted by atomic mass is 10.2. The van der Waals surface area contributed by atoms with Gasteiger partial charge in [0.05, 0.1) is 12.3 Å². The van der Waals surface area contributed by atoms with Crippen LogP contribution < -0.4 is 5.32 Å². The van der Waals surface area contributed by atoms with E-state index in [1.807, 2.05) is 50.3 Å². The standard InChI is InChI=1S/C21H27N3O3/c1-4-12-22-18(16(2)3)14-23-20(25)19-11-8-13-24(19)21(26)27-15-17-9-6-5-7-10-17/h4-7,9-10,12,19H,2,8,11,13-15H2,1,3H3,(H,23,25)/b12-4-,22-18-. The number of rotatable bonds is 7. The zero-order valence-corrected chi connectivity index (χ0v) is 16.0. The van der Waals surface area contributed by atoms with E-state index >= 15 is 0 Å². The fourth-order valence-corrected chi connectivity index (χ4v) is 2.82. The van der Waals surface area contributed by atoms with Crippen LogP contribution in [0.1, 0.15) is 32.3 Å². The lowest BCUT2D eigenvalue weighted by Gasteiger charge is -2.23. The third kappa shape index (κ3) is 6.09. The van der Waals surface area contributed by atoms with Crippen LogP contribution in [0, 0.1) is 0 Å². The van der Waals surface area contributed by atoms with Gasteiger partial charge in [0.25, 0.3) is 0 Å². The van der Waals surface area contributed by atoms with Crippen LogP contribution in [-0.2, 0) is 16.1 Å². The third-order valence-corrected chi connectivity index (χ3v) is 4.30. The van der Waals surface area contributed by atoms with E-state index in [0.717, 1.165) is 17.6 Å². The molecule has 6 nitrogen and oxygen atoms in total. The van der Waals surface area contributed by atoms with Gasteiger partial charge in [-0.2, -0.15) is 0 Å². The molecule has 1 aliphatic rings. The number of nitrogens with one attached hydrogen (secondary N) is 1. The predicted octanol–water partition coefficient (Wildman–Crippen LogP) is 3.45. The van der Waals surface area contributed by atoms with Gasteiger partial charge in [-0.15, -0.1) is 0 Å². The highest BCUT2D eigenvalue weighted by Crippen LogP contribution is 2.19. The first-order valence-corrected chi connectivity index (χ1v) is 9.11. The largest absolute Gasteiger partial charge is 0.445 e. The fraction of sp³-hybridized carbons (Fsp3) is 0.381. The van der Waals surface area contributed by atoms with Gasteiger partial charge in [-0.05, 0) is 37.8 Å². The molecule has 2 amide bonds. The van der Waals surface area contributed by atoms with E-state index in [9.17, 15) is 9.59 Å². The fourth-order valence-electron chi connectivity index (χ4n) is 2.82. The molecule has 0 aliphatic carbocycles. The van der Waals surface area contributed by atoms with Crippen molar-refractivity contribution in [2.24, 2.45) is 4.99 Å². The van der Waals surface area contributed by atoms with Gasteiger partial charge in [-0.25, -0.2) is 4.79 Å². The Hall–Kier alpha value is -2.89. The summed E-state index contributed by atoms with van der Waals surface area (Å²) in [4.78, 5) is 30.7. The summed E-state index contributed by atoms with van der Waals surface area (Å²) in [6, 6.07) is 8.97. The number of amides is 2. The third-order valence-electron chi connectivity index (χ3n) is 4.30. The van der Waals surface area contributed by atoms with Crippen LogP contribution in [0.4, 0.5) is 4.79 Å². The van der Waals surface area contributed by atoms with Crippen LogP contribution in [-0.4, -0.2) is 41.7 Å². The highest BCUT2D eigenvalue weighted by Gasteiger charge is 2.35. The minimum absolute atomic E-state index is 0.195. The van der Waals surface area contributed by atoms with Crippen molar-refractivity contribution in [3.05, 3.63) is 60.3 Å². The molecule has 1 heterocycles. The summed E-state index contributed by atoms with van der Waals surface area (Å²) in [5.41, 5.74) is 2.41. The molecule has 1 fully saturated rings. The average Bonchev–Trinajstić information content (AvgIpc) is 3.16. The number of hydrogen-bond donors (Lipinski definition) is 1. The first-order valence-electron chi connectivity index (χ1n) is 9.11. The second kappa shape index (κ2) is 10.3. The number of allylic oxidation sites excluding steroid dienone is 1. The molecule has 1 aliphatic heterocycles. The van der Waals surface area contributed by atoms with E-state index in [4.69, 9.17) is 4.74 Å². The molecule has 2 rings (SSSR count). The minimum Gasteiger partial charge on any atom is -0.445 e. The monoisotopic (exact) mass is 369 g/mol. The molecule has 27 heavy (non-hydrogen) atoms. The first-order chi connectivity index (χ1) is 13.0. The van der Waals surface area contributed by atoms with Gasteiger partial charge in [0.15, 0.2) is 0 Å². The van der Waals surface area contributed by atoms with Gasteiger partial charge < -0.3 is 10.1 Å². The van der Waals surface area contributed by atoms with Crippen molar-refractivity contribution in [1.82, 2.24) is 10.2 Å². The number of nitrogens with zero attached hydrogens (tertiary/aromatic N) is 2. The van der Waals surface area contributed by atoms with E-state index in [1.165, 1.54) is 4.90 Å². The van der Waals surface area contributed by atoms with Crippen LogP contribution in [0.3, 0.4) is 0 Å². The maximum Gasteiger partial charge on any atom is 0.410 e. The van der Waals surface area contributed by atoms with Crippen molar-refractivity contribution in [3.63, 3.8) is 0 Å². The summed E-state index contributed by atoms with van der Waals surface area (Å²) in [6.07, 6.45) is 4.42. The Labute approximate surface area is 160 Å². The number of ether oxygens (including phenoxy) is 1. The summed E-state index contributed by atoms with van der Waals surface area (Å²) in [5.74, 6) is -0.196. The van der Waals surface area contributed by atoms with Crippen molar-refractivity contribution in [2.45, 2.75) is 39.3 Å². The van der Waals surface area contributed by atoms with Crippen LogP contribution in [0.15, 0.2) is 59.8 Å². The molecule has 6 heteroatoms. The number of likely N-dealkylation sites (tertiary alicyclic amines) is 1. The van der Waals surface area contributed by atoms with E-state index in [2.05, 4.69) is 16.9 Å². The molecular weight excluding hydrogens is 342 g/mol. The number of hydrogen-bond acceptors (Lipinski definition) is 4. The van der Waals surface area contributed by atoms with Crippen LogP contribution in [0.5, 0.6) is 0 Å². The van der Waals surface area contributed by atoms with Gasteiger partial charge in [0, 0.05) is 12.7 Å². The Morgan fingerprint density at radius 2 is 2.11 bits per heavy atom. The van der Waals surface area contributed by atoms with Gasteiger partial charge >= 0.3 is 6.09 Å². The summed E-state index contributed by atoms with van der Waals surface area (Å²) in [6.45, 7) is 8.59. The van der Waals surface area contributed by atoms with Crippen LogP contribution in [0.2, 0.25) is 0 Å². The maximum absolute atomic E-state index is 12.6. The molecule has 1 atom stereocenters. The summed E-state index contributed by atoms with van der Waals surface area (Å²) >= 11 is 0. The predicted molar refractivity (Wildman–Crippen MR) is 106 cm³/mol. The molecule has 0 bridgehead atoms. The van der Waals surface area contributed by atoms with Gasteiger partial charge in [-0.3, -0.25) is 14.7 Å². The van der Waals surface area contributed by atoms with Crippen molar-refractivity contribution in [2.75, 3.05) is 13.1 Å². The summed E-state index contributed by atoms with van der Waals surface area (Å²) in [5, 5.41) is 2.86. The zero-order chi connectivity index (χ0) is 19.6. The van der Waals surface area contributed by atoms with Gasteiger partial charge in [0.2, 0.25) is 5.91 Å². The molecule has 0 aromatic heterocycles. The SMILES string of the molecule is C=C(C)/C(CNC(=O)C1CCCN1C(=O)OCc1ccccc1)=N\C=C/C. The second-order valence-corrected chi connectivity index (χ2v) is 6.45. The smallest absolute Gasteiger partial charge is 0.410 e. The molecule has 1 N–H and O–H groups in total. The van der Waals surface area contributed by atoms with E-state index in [1.54, 1.807) is 6.20 Å². The normalized spacial score (nSPS) is 17.2. The maximum atomic E-state index is 12.6. The number of carbonyl (C=O) groups is 2. The van der Waals surface area contributed by atoms with Crippen LogP contribution >= 0.6 is 0 Å². The Kier molecular flexibility index (Phi) is 7.79. The Bertz CT molecular complexity index is 725. The molecule has 1 unspecified atom stereocenters. The molecule has 144 valence electrons. The first kappa shape index (κ1) is 20.4. The van der Waals surface area contributed by atoms with Crippen molar-refractivity contribution in [1.29, 1.82) is 0 Å². The summed E-state index contributed by atoms with van der Waals surface area (Å²) < 4.78 is 5.37. The Morgan fingerprint density at radius 3 is 2.78 bits per heavy atom. The van der Waals surface area contributed by atoms with Crippen LogP contribution in [0.25, 0.3) is 0 Å². The lowest BCUT2D eigenvalue weighted by Crippen LogP contribution is -2.47.